The molecule has 0 aliphatic carbocycles. The van der Waals surface area contributed by atoms with E-state index in [0.717, 1.165) is 10.2 Å². The van der Waals surface area contributed by atoms with Crippen LogP contribution in [-0.2, 0) is 16.9 Å². The summed E-state index contributed by atoms with van der Waals surface area (Å²) in [5.74, 6) is 0. The van der Waals surface area contributed by atoms with Gasteiger partial charge in [-0.1, -0.05) is 6.92 Å². The summed E-state index contributed by atoms with van der Waals surface area (Å²) in [4.78, 5) is 0. The van der Waals surface area contributed by atoms with Crippen LogP contribution in [0.5, 0.6) is 0 Å². The van der Waals surface area contributed by atoms with E-state index >= 15 is 0 Å². The molecule has 0 saturated carbocycles. The molecule has 0 aliphatic heterocycles. The van der Waals surface area contributed by atoms with E-state index in [1.54, 1.807) is 24.9 Å². The third-order valence-corrected chi connectivity index (χ3v) is 5.03. The van der Waals surface area contributed by atoms with Crippen molar-refractivity contribution in [1.82, 2.24) is 15.1 Å². The van der Waals surface area contributed by atoms with Crippen molar-refractivity contribution in [3.63, 3.8) is 0 Å². The first-order valence-electron chi connectivity index (χ1n) is 5.38. The highest BCUT2D eigenvalue weighted by atomic mass is 79.9. The first-order valence-corrected chi connectivity index (χ1v) is 8.13. The van der Waals surface area contributed by atoms with Gasteiger partial charge in [0.1, 0.15) is 0 Å². The van der Waals surface area contributed by atoms with Gasteiger partial charge in [-0.25, -0.2) is 8.42 Å². The van der Waals surface area contributed by atoms with Crippen LogP contribution in [0, 0.1) is 0 Å². The average Bonchev–Trinajstić information content (AvgIpc) is 2.53. The minimum absolute atomic E-state index is 0.267. The van der Waals surface area contributed by atoms with Gasteiger partial charge in [-0.05, 0) is 29.4 Å². The van der Waals surface area contributed by atoms with Crippen molar-refractivity contribution in [3.05, 3.63) is 16.4 Å². The summed E-state index contributed by atoms with van der Waals surface area (Å²) in [6.07, 6.45) is 2.93. The molecule has 2 unspecified atom stereocenters. The fourth-order valence-electron chi connectivity index (χ4n) is 1.72. The highest BCUT2D eigenvalue weighted by Crippen LogP contribution is 2.27. The van der Waals surface area contributed by atoms with Crippen LogP contribution in [-0.4, -0.2) is 36.2 Å². The van der Waals surface area contributed by atoms with Crippen molar-refractivity contribution >= 4 is 25.8 Å². The van der Waals surface area contributed by atoms with Gasteiger partial charge in [0.05, 0.1) is 27.7 Å². The van der Waals surface area contributed by atoms with Gasteiger partial charge >= 0.3 is 0 Å². The van der Waals surface area contributed by atoms with E-state index < -0.39 is 15.1 Å². The second kappa shape index (κ2) is 5.49. The Morgan fingerprint density at radius 2 is 2.18 bits per heavy atom. The fourth-order valence-corrected chi connectivity index (χ4v) is 3.04. The molecule has 0 amide bonds. The molecule has 1 N–H and O–H groups in total. The molecule has 0 bridgehead atoms. The molecule has 0 aromatic carbocycles. The van der Waals surface area contributed by atoms with Crippen molar-refractivity contribution in [1.29, 1.82) is 0 Å². The maximum atomic E-state index is 11.7. The number of halogens is 1. The number of hydrogen-bond donors (Lipinski definition) is 1. The molecule has 5 nitrogen and oxygen atoms in total. The first-order chi connectivity index (χ1) is 7.79. The van der Waals surface area contributed by atoms with E-state index in [1.165, 1.54) is 6.26 Å². The fraction of sp³-hybridized carbons (Fsp3) is 0.700. The number of nitrogens with one attached hydrogen (secondary N) is 1. The molecule has 0 spiro atoms. The van der Waals surface area contributed by atoms with Gasteiger partial charge in [0.2, 0.25) is 0 Å². The SMILES string of the molecule is CCNC(c1c(Br)cnn1C)C(C)S(C)(=O)=O. The molecule has 98 valence electrons. The Morgan fingerprint density at radius 1 is 1.59 bits per heavy atom. The normalized spacial score (nSPS) is 15.8. The Labute approximate surface area is 111 Å². The zero-order chi connectivity index (χ0) is 13.2. The van der Waals surface area contributed by atoms with Gasteiger partial charge in [0.25, 0.3) is 0 Å². The number of aromatic nitrogens is 2. The molecule has 0 saturated heterocycles. The number of rotatable bonds is 5. The predicted octanol–water partition coefficient (Wildman–Crippen LogP) is 1.27. The molecule has 0 aliphatic rings. The van der Waals surface area contributed by atoms with E-state index in [4.69, 9.17) is 0 Å². The van der Waals surface area contributed by atoms with Crippen LogP contribution in [0.1, 0.15) is 25.6 Å². The van der Waals surface area contributed by atoms with Gasteiger partial charge in [0, 0.05) is 13.3 Å². The Balaban J connectivity index is 3.19. The molecule has 7 heteroatoms. The molecule has 1 rings (SSSR count). The molecule has 1 heterocycles. The van der Waals surface area contributed by atoms with Crippen molar-refractivity contribution < 1.29 is 8.42 Å². The lowest BCUT2D eigenvalue weighted by Gasteiger charge is -2.24. The molecular weight excluding hydrogens is 306 g/mol. The number of nitrogens with zero attached hydrogens (tertiary/aromatic N) is 2. The van der Waals surface area contributed by atoms with E-state index in [0.29, 0.717) is 6.54 Å². The molecule has 1 aromatic heterocycles. The highest BCUT2D eigenvalue weighted by molar-refractivity contribution is 9.10. The van der Waals surface area contributed by atoms with Gasteiger partial charge in [-0.15, -0.1) is 0 Å². The van der Waals surface area contributed by atoms with Gasteiger partial charge in [-0.2, -0.15) is 5.10 Å². The second-order valence-electron chi connectivity index (χ2n) is 4.07. The van der Waals surface area contributed by atoms with Crippen molar-refractivity contribution in [3.8, 4) is 0 Å². The van der Waals surface area contributed by atoms with Crippen molar-refractivity contribution in [2.24, 2.45) is 7.05 Å². The van der Waals surface area contributed by atoms with Gasteiger partial charge in [0.15, 0.2) is 9.84 Å². The molecule has 0 fully saturated rings. The highest BCUT2D eigenvalue weighted by Gasteiger charge is 2.30. The summed E-state index contributed by atoms with van der Waals surface area (Å²) in [7, 11) is -1.30. The zero-order valence-corrected chi connectivity index (χ0v) is 12.8. The van der Waals surface area contributed by atoms with E-state index in [9.17, 15) is 8.42 Å². The van der Waals surface area contributed by atoms with Gasteiger partial charge < -0.3 is 5.32 Å². The Bertz CT molecular complexity index is 464. The van der Waals surface area contributed by atoms with Crippen LogP contribution in [0.2, 0.25) is 0 Å². The summed E-state index contributed by atoms with van der Waals surface area (Å²) in [5.41, 5.74) is 0.852. The quantitative estimate of drug-likeness (QED) is 0.886. The zero-order valence-electron chi connectivity index (χ0n) is 10.4. The molecule has 17 heavy (non-hydrogen) atoms. The smallest absolute Gasteiger partial charge is 0.151 e. The Morgan fingerprint density at radius 3 is 2.53 bits per heavy atom. The summed E-state index contributed by atoms with van der Waals surface area (Å²) >= 11 is 3.40. The van der Waals surface area contributed by atoms with Crippen LogP contribution in [0.15, 0.2) is 10.7 Å². The minimum Gasteiger partial charge on any atom is -0.308 e. The van der Waals surface area contributed by atoms with Crippen LogP contribution in [0.25, 0.3) is 0 Å². The van der Waals surface area contributed by atoms with Crippen molar-refractivity contribution in [2.45, 2.75) is 25.1 Å². The van der Waals surface area contributed by atoms with Crippen LogP contribution >= 0.6 is 15.9 Å². The predicted molar refractivity (Wildman–Crippen MR) is 71.6 cm³/mol. The van der Waals surface area contributed by atoms with E-state index in [-0.39, 0.29) is 6.04 Å². The lowest BCUT2D eigenvalue weighted by Crippen LogP contribution is -2.36. The minimum atomic E-state index is -3.11. The third-order valence-electron chi connectivity index (χ3n) is 2.80. The molecular formula is C10H18BrN3O2S. The van der Waals surface area contributed by atoms with E-state index in [2.05, 4.69) is 26.3 Å². The summed E-state index contributed by atoms with van der Waals surface area (Å²) in [5, 5.41) is 6.82. The summed E-state index contributed by atoms with van der Waals surface area (Å²) in [6.45, 7) is 4.36. The molecule has 1 aromatic rings. The number of hydrogen-bond acceptors (Lipinski definition) is 4. The standard InChI is InChI=1S/C10H18BrN3O2S/c1-5-12-9(7(2)17(4,15)16)10-8(11)6-13-14(10)3/h6-7,9,12H,5H2,1-4H3. The van der Waals surface area contributed by atoms with Crippen LogP contribution in [0.4, 0.5) is 0 Å². The topological polar surface area (TPSA) is 64.0 Å². The Kier molecular flexibility index (Phi) is 4.74. The monoisotopic (exact) mass is 323 g/mol. The number of aryl methyl sites for hydroxylation is 1. The van der Waals surface area contributed by atoms with Crippen molar-refractivity contribution in [2.75, 3.05) is 12.8 Å². The van der Waals surface area contributed by atoms with Crippen LogP contribution in [0.3, 0.4) is 0 Å². The summed E-state index contributed by atoms with van der Waals surface area (Å²) < 4.78 is 25.9. The largest absolute Gasteiger partial charge is 0.308 e. The van der Waals surface area contributed by atoms with Gasteiger partial charge in [-0.3, -0.25) is 4.68 Å². The molecule has 0 radical (unpaired) electrons. The average molecular weight is 324 g/mol. The maximum absolute atomic E-state index is 11.7. The lowest BCUT2D eigenvalue weighted by molar-refractivity contribution is 0.483. The second-order valence-corrected chi connectivity index (χ2v) is 7.33. The first kappa shape index (κ1) is 14.7. The maximum Gasteiger partial charge on any atom is 0.151 e. The molecule has 2 atom stereocenters. The lowest BCUT2D eigenvalue weighted by atomic mass is 10.1. The third kappa shape index (κ3) is 3.29. The summed E-state index contributed by atoms with van der Waals surface area (Å²) in [6, 6.07) is -0.267. The van der Waals surface area contributed by atoms with E-state index in [1.807, 2.05) is 6.92 Å². The number of sulfone groups is 1. The van der Waals surface area contributed by atoms with Crippen LogP contribution < -0.4 is 5.32 Å². The Hall–Kier alpha value is -0.400.